The van der Waals surface area contributed by atoms with Gasteiger partial charge in [-0.2, -0.15) is 0 Å². The second-order valence-corrected chi connectivity index (χ2v) is 6.04. The first-order chi connectivity index (χ1) is 12.9. The summed E-state index contributed by atoms with van der Waals surface area (Å²) in [4.78, 5) is 22.0. The largest absolute Gasteiger partial charge is 0.457 e. The van der Waals surface area contributed by atoms with Crippen molar-refractivity contribution in [3.63, 3.8) is 0 Å². The Balaban J connectivity index is 2.00. The molecule has 0 aromatic heterocycles. The van der Waals surface area contributed by atoms with E-state index in [-0.39, 0.29) is 17.1 Å². The molecule has 0 atom stereocenters. The molecule has 0 bridgehead atoms. The van der Waals surface area contributed by atoms with E-state index in [1.54, 1.807) is 6.92 Å². The van der Waals surface area contributed by atoms with Crippen molar-refractivity contribution >= 4 is 17.4 Å². The fraction of sp³-hybridized carbons (Fsp3) is 0.316. The minimum atomic E-state index is -0.643. The molecule has 2 aromatic rings. The first-order valence-electron chi connectivity index (χ1n) is 8.68. The van der Waals surface area contributed by atoms with E-state index >= 15 is 0 Å². The van der Waals surface area contributed by atoms with Gasteiger partial charge in [0.1, 0.15) is 17.3 Å². The quantitative estimate of drug-likeness (QED) is 0.379. The number of carbonyl (C=O) groups excluding carboxylic acids is 1. The number of benzene rings is 2. The van der Waals surface area contributed by atoms with Gasteiger partial charge in [0.25, 0.3) is 5.69 Å². The number of urea groups is 1. The topological polar surface area (TPSA) is 93.5 Å². The molecule has 0 aliphatic carbocycles. The molecule has 0 spiro atoms. The van der Waals surface area contributed by atoms with Crippen molar-refractivity contribution in [2.75, 3.05) is 11.9 Å². The summed E-state index contributed by atoms with van der Waals surface area (Å²) in [5.41, 5.74) is 0.546. The molecule has 2 rings (SSSR count). The number of non-ortho nitro benzene ring substituents is 1. The summed E-state index contributed by atoms with van der Waals surface area (Å²) < 4.78 is 19.8. The third-order valence-electron chi connectivity index (χ3n) is 3.85. The van der Waals surface area contributed by atoms with Gasteiger partial charge in [-0.3, -0.25) is 10.1 Å². The zero-order valence-corrected chi connectivity index (χ0v) is 15.3. The average molecular weight is 375 g/mol. The van der Waals surface area contributed by atoms with Crippen LogP contribution in [0.5, 0.6) is 11.5 Å². The third kappa shape index (κ3) is 5.95. The lowest BCUT2D eigenvalue weighted by Crippen LogP contribution is -2.29. The number of nitrogens with one attached hydrogen (secondary N) is 2. The standard InChI is InChI=1S/C19H22FN3O4/c1-3-4-5-10-21-19(24)22-17-8-7-15(12-16(17)20)27-18-9-6-14(23(25)26)11-13(18)2/h6-9,11-12H,3-5,10H2,1-2H3,(H2,21,22,24). The smallest absolute Gasteiger partial charge is 0.319 e. The van der Waals surface area contributed by atoms with E-state index in [9.17, 15) is 19.3 Å². The van der Waals surface area contributed by atoms with Gasteiger partial charge in [0.2, 0.25) is 0 Å². The summed E-state index contributed by atoms with van der Waals surface area (Å²) in [5.74, 6) is -0.0384. The van der Waals surface area contributed by atoms with Crippen LogP contribution < -0.4 is 15.4 Å². The predicted molar refractivity (Wildman–Crippen MR) is 101 cm³/mol. The summed E-state index contributed by atoms with van der Waals surface area (Å²) in [7, 11) is 0. The number of rotatable bonds is 8. The molecule has 27 heavy (non-hydrogen) atoms. The first kappa shape index (κ1) is 20.2. The number of aryl methyl sites for hydroxylation is 1. The molecule has 0 unspecified atom stereocenters. The lowest BCUT2D eigenvalue weighted by molar-refractivity contribution is -0.384. The van der Waals surface area contributed by atoms with Crippen molar-refractivity contribution in [2.24, 2.45) is 0 Å². The Morgan fingerprint density at radius 2 is 2.00 bits per heavy atom. The van der Waals surface area contributed by atoms with Crippen LogP contribution in [-0.2, 0) is 0 Å². The molecule has 2 aromatic carbocycles. The molecule has 0 aliphatic heterocycles. The van der Waals surface area contributed by atoms with E-state index in [0.29, 0.717) is 17.9 Å². The van der Waals surface area contributed by atoms with E-state index in [2.05, 4.69) is 17.6 Å². The number of amides is 2. The van der Waals surface area contributed by atoms with Crippen LogP contribution in [-0.4, -0.2) is 17.5 Å². The number of nitro benzene ring substituents is 1. The van der Waals surface area contributed by atoms with Gasteiger partial charge in [0.05, 0.1) is 10.6 Å². The molecule has 0 saturated carbocycles. The van der Waals surface area contributed by atoms with Crippen molar-refractivity contribution < 1.29 is 18.8 Å². The van der Waals surface area contributed by atoms with Gasteiger partial charge in [-0.05, 0) is 37.1 Å². The van der Waals surface area contributed by atoms with Gasteiger partial charge < -0.3 is 15.4 Å². The number of hydrogen-bond acceptors (Lipinski definition) is 4. The second-order valence-electron chi connectivity index (χ2n) is 6.04. The maximum atomic E-state index is 14.2. The van der Waals surface area contributed by atoms with Gasteiger partial charge >= 0.3 is 6.03 Å². The zero-order chi connectivity index (χ0) is 19.8. The Bertz CT molecular complexity index is 827. The Morgan fingerprint density at radius 3 is 2.63 bits per heavy atom. The average Bonchev–Trinajstić information content (AvgIpc) is 2.62. The van der Waals surface area contributed by atoms with Crippen molar-refractivity contribution in [3.8, 4) is 11.5 Å². The molecule has 0 heterocycles. The van der Waals surface area contributed by atoms with Gasteiger partial charge in [-0.25, -0.2) is 9.18 Å². The lowest BCUT2D eigenvalue weighted by atomic mass is 10.2. The number of halogens is 1. The molecule has 0 aliphatic rings. The van der Waals surface area contributed by atoms with Crippen LogP contribution in [0.15, 0.2) is 36.4 Å². The second kappa shape index (κ2) is 9.51. The summed E-state index contributed by atoms with van der Waals surface area (Å²) in [6, 6.07) is 7.75. The van der Waals surface area contributed by atoms with Gasteiger partial charge in [0.15, 0.2) is 0 Å². The third-order valence-corrected chi connectivity index (χ3v) is 3.85. The fourth-order valence-electron chi connectivity index (χ4n) is 2.39. The van der Waals surface area contributed by atoms with Crippen molar-refractivity contribution in [3.05, 3.63) is 57.9 Å². The number of nitro groups is 1. The molecular formula is C19H22FN3O4. The monoisotopic (exact) mass is 375 g/mol. The van der Waals surface area contributed by atoms with Crippen LogP contribution in [0.1, 0.15) is 31.7 Å². The number of ether oxygens (including phenoxy) is 1. The number of anilines is 1. The molecule has 144 valence electrons. The van der Waals surface area contributed by atoms with Gasteiger partial charge in [-0.15, -0.1) is 0 Å². The Labute approximate surface area is 156 Å². The Hall–Kier alpha value is -3.16. The van der Waals surface area contributed by atoms with Crippen LogP contribution in [0.25, 0.3) is 0 Å². The Morgan fingerprint density at radius 1 is 1.22 bits per heavy atom. The molecule has 8 heteroatoms. The van der Waals surface area contributed by atoms with Gasteiger partial charge in [-0.1, -0.05) is 19.8 Å². The van der Waals surface area contributed by atoms with E-state index in [4.69, 9.17) is 4.74 Å². The highest BCUT2D eigenvalue weighted by atomic mass is 19.1. The van der Waals surface area contributed by atoms with E-state index in [1.807, 2.05) is 0 Å². The SMILES string of the molecule is CCCCCNC(=O)Nc1ccc(Oc2ccc([N+](=O)[O-])cc2C)cc1F. The van der Waals surface area contributed by atoms with Crippen molar-refractivity contribution in [1.29, 1.82) is 0 Å². The van der Waals surface area contributed by atoms with Crippen LogP contribution in [0.2, 0.25) is 0 Å². The highest BCUT2D eigenvalue weighted by Crippen LogP contribution is 2.30. The maximum Gasteiger partial charge on any atom is 0.319 e. The molecule has 0 fully saturated rings. The number of nitrogens with zero attached hydrogens (tertiary/aromatic N) is 1. The van der Waals surface area contributed by atoms with Crippen LogP contribution >= 0.6 is 0 Å². The predicted octanol–water partition coefficient (Wildman–Crippen LogP) is 5.15. The zero-order valence-electron chi connectivity index (χ0n) is 15.3. The molecule has 2 amide bonds. The number of carbonyl (C=O) groups is 1. The summed E-state index contributed by atoms with van der Waals surface area (Å²) in [5, 5.41) is 15.9. The lowest BCUT2D eigenvalue weighted by Gasteiger charge is -2.11. The Kier molecular flexibility index (Phi) is 7.10. The molecule has 0 saturated heterocycles. The molecule has 0 radical (unpaired) electrons. The highest BCUT2D eigenvalue weighted by Gasteiger charge is 2.12. The maximum absolute atomic E-state index is 14.2. The summed E-state index contributed by atoms with van der Waals surface area (Å²) in [6.07, 6.45) is 2.93. The van der Waals surface area contributed by atoms with Gasteiger partial charge in [0, 0.05) is 24.7 Å². The van der Waals surface area contributed by atoms with Crippen LogP contribution in [0, 0.1) is 22.9 Å². The molecule has 2 N–H and O–H groups in total. The summed E-state index contributed by atoms with van der Waals surface area (Å²) >= 11 is 0. The van der Waals surface area contributed by atoms with Crippen molar-refractivity contribution in [2.45, 2.75) is 33.1 Å². The van der Waals surface area contributed by atoms with Crippen LogP contribution in [0.4, 0.5) is 20.6 Å². The summed E-state index contributed by atoms with van der Waals surface area (Å²) in [6.45, 7) is 4.26. The number of unbranched alkanes of at least 4 members (excludes halogenated alkanes) is 2. The van der Waals surface area contributed by atoms with E-state index in [1.165, 1.54) is 30.3 Å². The molecular weight excluding hydrogens is 353 g/mol. The van der Waals surface area contributed by atoms with E-state index < -0.39 is 16.8 Å². The normalized spacial score (nSPS) is 10.3. The molecule has 7 nitrogen and oxygen atoms in total. The minimum Gasteiger partial charge on any atom is -0.457 e. The van der Waals surface area contributed by atoms with E-state index in [0.717, 1.165) is 25.3 Å². The minimum absolute atomic E-state index is 0.0377. The number of hydrogen-bond donors (Lipinski definition) is 2. The fourth-order valence-corrected chi connectivity index (χ4v) is 2.39. The van der Waals surface area contributed by atoms with Crippen molar-refractivity contribution in [1.82, 2.24) is 5.32 Å². The first-order valence-corrected chi connectivity index (χ1v) is 8.68. The highest BCUT2D eigenvalue weighted by molar-refractivity contribution is 5.89. The van der Waals surface area contributed by atoms with Crippen LogP contribution in [0.3, 0.4) is 0 Å².